The van der Waals surface area contributed by atoms with E-state index in [0.29, 0.717) is 17.4 Å². The number of urea groups is 1. The van der Waals surface area contributed by atoms with Gasteiger partial charge in [0.25, 0.3) is 11.5 Å². The highest BCUT2D eigenvalue weighted by molar-refractivity contribution is 5.96. The number of aromatic nitrogens is 2. The highest BCUT2D eigenvalue weighted by atomic mass is 16.5. The van der Waals surface area contributed by atoms with Gasteiger partial charge in [-0.2, -0.15) is 0 Å². The van der Waals surface area contributed by atoms with Crippen LogP contribution < -0.4 is 10.9 Å². The summed E-state index contributed by atoms with van der Waals surface area (Å²) in [7, 11) is 0. The smallest absolute Gasteiger partial charge is 0.326 e. The summed E-state index contributed by atoms with van der Waals surface area (Å²) < 4.78 is 5.95. The summed E-state index contributed by atoms with van der Waals surface area (Å²) in [4.78, 5) is 52.2. The topological polar surface area (TPSA) is 111 Å². The van der Waals surface area contributed by atoms with Gasteiger partial charge in [0.1, 0.15) is 6.54 Å². The number of esters is 1. The minimum absolute atomic E-state index is 0.239. The molecule has 1 fully saturated rings. The van der Waals surface area contributed by atoms with Gasteiger partial charge in [0.05, 0.1) is 17.2 Å². The zero-order chi connectivity index (χ0) is 17.1. The Labute approximate surface area is 135 Å². The standard InChI is InChI=1S/C15H14N4O5/c20-12(19-6-5-16-15(19)23)8-24-13(21)7-18-9-17-11-4-2-1-3-10(11)14(18)22/h1-4,9H,5-8H2,(H,16,23). The number of fused-ring (bicyclic) bond motifs is 1. The number of imide groups is 1. The van der Waals surface area contributed by atoms with Crippen molar-refractivity contribution >= 4 is 28.8 Å². The van der Waals surface area contributed by atoms with E-state index in [4.69, 9.17) is 4.74 Å². The maximum atomic E-state index is 12.2. The van der Waals surface area contributed by atoms with Crippen LogP contribution in [0, 0.1) is 0 Å². The Hall–Kier alpha value is -3.23. The fraction of sp³-hybridized carbons (Fsp3) is 0.267. The molecule has 1 aliphatic heterocycles. The quantitative estimate of drug-likeness (QED) is 0.756. The minimum Gasteiger partial charge on any atom is -0.454 e. The predicted octanol–water partition coefficient (Wildman–Crippen LogP) is -0.508. The van der Waals surface area contributed by atoms with Crippen LogP contribution in [0.3, 0.4) is 0 Å². The molecule has 3 rings (SSSR count). The predicted molar refractivity (Wildman–Crippen MR) is 82.1 cm³/mol. The van der Waals surface area contributed by atoms with Crippen molar-refractivity contribution in [3.63, 3.8) is 0 Å². The molecule has 124 valence electrons. The van der Waals surface area contributed by atoms with Gasteiger partial charge in [0.2, 0.25) is 0 Å². The molecule has 1 aromatic heterocycles. The van der Waals surface area contributed by atoms with E-state index in [0.717, 1.165) is 9.47 Å². The van der Waals surface area contributed by atoms with Crippen LogP contribution in [0.2, 0.25) is 0 Å². The highest BCUT2D eigenvalue weighted by Gasteiger charge is 2.26. The first-order chi connectivity index (χ1) is 11.6. The Bertz CT molecular complexity index is 876. The molecule has 2 aromatic rings. The number of nitrogens with zero attached hydrogens (tertiary/aromatic N) is 3. The normalized spacial score (nSPS) is 13.8. The van der Waals surface area contributed by atoms with Gasteiger partial charge in [-0.15, -0.1) is 0 Å². The SMILES string of the molecule is O=C(Cn1cnc2ccccc2c1=O)OCC(=O)N1CCNC1=O. The lowest BCUT2D eigenvalue weighted by molar-refractivity contribution is -0.151. The number of benzene rings is 1. The number of nitrogens with one attached hydrogen (secondary N) is 1. The van der Waals surface area contributed by atoms with Crippen LogP contribution in [0.4, 0.5) is 4.79 Å². The van der Waals surface area contributed by atoms with E-state index in [1.807, 2.05) is 0 Å². The summed E-state index contributed by atoms with van der Waals surface area (Å²) in [6.07, 6.45) is 1.25. The third-order valence-electron chi connectivity index (χ3n) is 3.55. The molecule has 1 aliphatic rings. The molecule has 0 saturated carbocycles. The fourth-order valence-electron chi connectivity index (χ4n) is 2.33. The molecule has 24 heavy (non-hydrogen) atoms. The third kappa shape index (κ3) is 3.09. The van der Waals surface area contributed by atoms with Gasteiger partial charge in [-0.05, 0) is 12.1 Å². The Balaban J connectivity index is 1.63. The summed E-state index contributed by atoms with van der Waals surface area (Å²) in [6, 6.07) is 6.26. The lowest BCUT2D eigenvalue weighted by Crippen LogP contribution is -2.37. The van der Waals surface area contributed by atoms with Gasteiger partial charge >= 0.3 is 12.0 Å². The van der Waals surface area contributed by atoms with Gasteiger partial charge in [0, 0.05) is 13.1 Å². The number of rotatable bonds is 4. The zero-order valence-corrected chi connectivity index (χ0v) is 12.6. The average molecular weight is 330 g/mol. The molecular weight excluding hydrogens is 316 g/mol. The molecule has 1 N–H and O–H groups in total. The Morgan fingerprint density at radius 1 is 1.25 bits per heavy atom. The van der Waals surface area contributed by atoms with E-state index in [1.54, 1.807) is 24.3 Å². The van der Waals surface area contributed by atoms with Crippen molar-refractivity contribution in [2.75, 3.05) is 19.7 Å². The van der Waals surface area contributed by atoms with E-state index in [9.17, 15) is 19.2 Å². The van der Waals surface area contributed by atoms with Gasteiger partial charge < -0.3 is 10.1 Å². The van der Waals surface area contributed by atoms with Crippen molar-refractivity contribution in [1.29, 1.82) is 0 Å². The Kier molecular flexibility index (Phi) is 4.23. The molecule has 1 saturated heterocycles. The van der Waals surface area contributed by atoms with E-state index < -0.39 is 24.5 Å². The lowest BCUT2D eigenvalue weighted by Gasteiger charge is -2.12. The first kappa shape index (κ1) is 15.7. The first-order valence-electron chi connectivity index (χ1n) is 7.24. The number of carbonyl (C=O) groups excluding carboxylic acids is 3. The fourth-order valence-corrected chi connectivity index (χ4v) is 2.33. The Morgan fingerprint density at radius 3 is 2.79 bits per heavy atom. The molecule has 0 aliphatic carbocycles. The zero-order valence-electron chi connectivity index (χ0n) is 12.6. The summed E-state index contributed by atoms with van der Waals surface area (Å²) >= 11 is 0. The Morgan fingerprint density at radius 2 is 2.04 bits per heavy atom. The van der Waals surface area contributed by atoms with Crippen LogP contribution in [0.1, 0.15) is 0 Å². The maximum absolute atomic E-state index is 12.2. The van der Waals surface area contributed by atoms with Gasteiger partial charge in [0.15, 0.2) is 6.61 Å². The van der Waals surface area contributed by atoms with Crippen molar-refractivity contribution in [1.82, 2.24) is 19.8 Å². The average Bonchev–Trinajstić information content (AvgIpc) is 3.01. The summed E-state index contributed by atoms with van der Waals surface area (Å²) in [5, 5.41) is 2.86. The van der Waals surface area contributed by atoms with Crippen molar-refractivity contribution in [3.8, 4) is 0 Å². The first-order valence-corrected chi connectivity index (χ1v) is 7.24. The van der Waals surface area contributed by atoms with Crippen LogP contribution >= 0.6 is 0 Å². The second kappa shape index (κ2) is 6.49. The molecule has 0 atom stereocenters. The van der Waals surface area contributed by atoms with Crippen molar-refractivity contribution in [3.05, 3.63) is 40.9 Å². The van der Waals surface area contributed by atoms with Crippen LogP contribution in [0.15, 0.2) is 35.4 Å². The van der Waals surface area contributed by atoms with Gasteiger partial charge in [-0.3, -0.25) is 23.9 Å². The number of para-hydroxylation sites is 1. The second-order valence-corrected chi connectivity index (χ2v) is 5.13. The van der Waals surface area contributed by atoms with Gasteiger partial charge in [-0.25, -0.2) is 9.78 Å². The summed E-state index contributed by atoms with van der Waals surface area (Å²) in [5.74, 6) is -1.37. The van der Waals surface area contributed by atoms with Crippen LogP contribution in [-0.2, 0) is 20.9 Å². The van der Waals surface area contributed by atoms with E-state index in [-0.39, 0.29) is 18.6 Å². The molecule has 2 heterocycles. The molecule has 9 nitrogen and oxygen atoms in total. The summed E-state index contributed by atoms with van der Waals surface area (Å²) in [5.41, 5.74) is 0.158. The van der Waals surface area contributed by atoms with E-state index in [1.165, 1.54) is 6.33 Å². The number of hydrogen-bond acceptors (Lipinski definition) is 6. The lowest BCUT2D eigenvalue weighted by atomic mass is 10.2. The monoisotopic (exact) mass is 330 g/mol. The van der Waals surface area contributed by atoms with E-state index in [2.05, 4.69) is 10.3 Å². The maximum Gasteiger partial charge on any atom is 0.326 e. The molecule has 0 spiro atoms. The second-order valence-electron chi connectivity index (χ2n) is 5.13. The highest BCUT2D eigenvalue weighted by Crippen LogP contribution is 2.04. The van der Waals surface area contributed by atoms with Crippen LogP contribution in [-0.4, -0.2) is 52.1 Å². The third-order valence-corrected chi connectivity index (χ3v) is 3.55. The molecular formula is C15H14N4O5. The number of carbonyl (C=O) groups is 3. The summed E-state index contributed by atoms with van der Waals surface area (Å²) in [6.45, 7) is -0.307. The van der Waals surface area contributed by atoms with Gasteiger partial charge in [-0.1, -0.05) is 12.1 Å². The minimum atomic E-state index is -0.762. The van der Waals surface area contributed by atoms with Crippen molar-refractivity contribution in [2.24, 2.45) is 0 Å². The molecule has 3 amide bonds. The molecule has 1 aromatic carbocycles. The molecule has 0 unspecified atom stereocenters. The van der Waals surface area contributed by atoms with Crippen molar-refractivity contribution in [2.45, 2.75) is 6.54 Å². The molecule has 0 bridgehead atoms. The number of ether oxygens (including phenoxy) is 1. The number of amides is 3. The number of hydrogen-bond donors (Lipinski definition) is 1. The molecule has 9 heteroatoms. The van der Waals surface area contributed by atoms with E-state index >= 15 is 0 Å². The van der Waals surface area contributed by atoms with Crippen LogP contribution in [0.5, 0.6) is 0 Å². The largest absolute Gasteiger partial charge is 0.454 e. The molecule has 0 radical (unpaired) electrons. The van der Waals surface area contributed by atoms with Crippen LogP contribution in [0.25, 0.3) is 10.9 Å². The van der Waals surface area contributed by atoms with Crippen molar-refractivity contribution < 1.29 is 19.1 Å².